The van der Waals surface area contributed by atoms with Crippen LogP contribution in [0.25, 0.3) is 11.1 Å². The molecule has 0 aliphatic rings. The van der Waals surface area contributed by atoms with Gasteiger partial charge in [0.15, 0.2) is 0 Å². The van der Waals surface area contributed by atoms with Crippen LogP contribution in [0.4, 0.5) is 5.69 Å². The zero-order valence-electron chi connectivity index (χ0n) is 8.86. The van der Waals surface area contributed by atoms with Gasteiger partial charge in [-0.3, -0.25) is 10.1 Å². The lowest BCUT2D eigenvalue weighted by Crippen LogP contribution is -1.90. The van der Waals surface area contributed by atoms with Crippen LogP contribution in [0.3, 0.4) is 0 Å². The molecule has 0 bridgehead atoms. The molecule has 0 spiro atoms. The van der Waals surface area contributed by atoms with E-state index in [0.29, 0.717) is 21.2 Å². The fraction of sp³-hybridized carbons (Fsp3) is 0. The van der Waals surface area contributed by atoms with Crippen LogP contribution in [0.15, 0.2) is 36.4 Å². The van der Waals surface area contributed by atoms with Crippen molar-refractivity contribution in [3.05, 3.63) is 61.6 Å². The number of hydrogen-bond donors (Lipinski definition) is 0. The standard InChI is InChI=1S/C12H6Cl3NO2/c13-9-5-4-7(6-10(9)14)8-2-1-3-11(12(8)15)16(17)18/h1-6H. The van der Waals surface area contributed by atoms with Gasteiger partial charge >= 0.3 is 0 Å². The third-order valence-corrected chi connectivity index (χ3v) is 3.54. The minimum absolute atomic E-state index is 0.0842. The average molecular weight is 303 g/mol. The van der Waals surface area contributed by atoms with E-state index in [9.17, 15) is 10.1 Å². The molecular formula is C12H6Cl3NO2. The Morgan fingerprint density at radius 3 is 2.33 bits per heavy atom. The molecule has 92 valence electrons. The average Bonchev–Trinajstić information content (AvgIpc) is 2.33. The van der Waals surface area contributed by atoms with Crippen molar-refractivity contribution in [2.24, 2.45) is 0 Å². The van der Waals surface area contributed by atoms with Gasteiger partial charge in [-0.2, -0.15) is 0 Å². The highest BCUT2D eigenvalue weighted by Gasteiger charge is 2.16. The van der Waals surface area contributed by atoms with E-state index in [0.717, 1.165) is 0 Å². The quantitative estimate of drug-likeness (QED) is 0.563. The fourth-order valence-electron chi connectivity index (χ4n) is 1.55. The summed E-state index contributed by atoms with van der Waals surface area (Å²) in [4.78, 5) is 10.3. The van der Waals surface area contributed by atoms with Crippen molar-refractivity contribution < 1.29 is 4.92 Å². The summed E-state index contributed by atoms with van der Waals surface area (Å²) in [5, 5.41) is 11.7. The lowest BCUT2D eigenvalue weighted by Gasteiger charge is -2.06. The van der Waals surface area contributed by atoms with Gasteiger partial charge in [-0.25, -0.2) is 0 Å². The van der Waals surface area contributed by atoms with Gasteiger partial charge in [0.05, 0.1) is 15.0 Å². The number of nitro benzene ring substituents is 1. The molecule has 18 heavy (non-hydrogen) atoms. The van der Waals surface area contributed by atoms with Gasteiger partial charge in [0.25, 0.3) is 5.69 Å². The smallest absolute Gasteiger partial charge is 0.258 e. The second-order valence-electron chi connectivity index (χ2n) is 3.52. The molecule has 3 nitrogen and oxygen atoms in total. The van der Waals surface area contributed by atoms with Crippen LogP contribution in [0, 0.1) is 10.1 Å². The Balaban J connectivity index is 2.60. The summed E-state index contributed by atoms with van der Waals surface area (Å²) in [5.41, 5.74) is 1.09. The van der Waals surface area contributed by atoms with Gasteiger partial charge in [0.1, 0.15) is 5.02 Å². The molecule has 0 radical (unpaired) electrons. The molecule has 6 heteroatoms. The van der Waals surface area contributed by atoms with Gasteiger partial charge in [0, 0.05) is 11.6 Å². The third-order valence-electron chi connectivity index (χ3n) is 2.41. The number of benzene rings is 2. The lowest BCUT2D eigenvalue weighted by atomic mass is 10.1. The van der Waals surface area contributed by atoms with Crippen LogP contribution >= 0.6 is 34.8 Å². The molecule has 0 heterocycles. The highest BCUT2D eigenvalue weighted by molar-refractivity contribution is 6.42. The summed E-state index contributed by atoms with van der Waals surface area (Å²) >= 11 is 17.7. The van der Waals surface area contributed by atoms with Crippen LogP contribution in [-0.2, 0) is 0 Å². The molecule has 0 saturated heterocycles. The van der Waals surface area contributed by atoms with E-state index >= 15 is 0 Å². The maximum Gasteiger partial charge on any atom is 0.288 e. The molecule has 0 atom stereocenters. The third kappa shape index (κ3) is 2.43. The Hall–Kier alpha value is -1.29. The van der Waals surface area contributed by atoms with E-state index in [1.807, 2.05) is 0 Å². The maximum atomic E-state index is 10.8. The van der Waals surface area contributed by atoms with E-state index in [1.54, 1.807) is 30.3 Å². The van der Waals surface area contributed by atoms with Crippen LogP contribution in [0.5, 0.6) is 0 Å². The molecule has 0 amide bonds. The Labute approximate surface area is 118 Å². The predicted octanol–water partition coefficient (Wildman–Crippen LogP) is 5.22. The van der Waals surface area contributed by atoms with Gasteiger partial charge in [-0.05, 0) is 17.7 Å². The van der Waals surface area contributed by atoms with Gasteiger partial charge in [-0.1, -0.05) is 53.0 Å². The first-order chi connectivity index (χ1) is 8.50. The van der Waals surface area contributed by atoms with Crippen molar-refractivity contribution in [2.75, 3.05) is 0 Å². The molecule has 0 aromatic heterocycles. The van der Waals surface area contributed by atoms with Gasteiger partial charge in [-0.15, -0.1) is 0 Å². The fourth-order valence-corrected chi connectivity index (χ4v) is 2.15. The lowest BCUT2D eigenvalue weighted by molar-refractivity contribution is -0.384. The minimum atomic E-state index is -0.524. The Kier molecular flexibility index (Phi) is 3.76. The number of nitrogens with zero attached hydrogens (tertiary/aromatic N) is 1. The van der Waals surface area contributed by atoms with Crippen molar-refractivity contribution in [1.82, 2.24) is 0 Å². The van der Waals surface area contributed by atoms with Crippen LogP contribution in [0.1, 0.15) is 0 Å². The zero-order valence-corrected chi connectivity index (χ0v) is 11.1. The summed E-state index contributed by atoms with van der Waals surface area (Å²) in [6.45, 7) is 0. The summed E-state index contributed by atoms with van der Waals surface area (Å²) in [6, 6.07) is 9.56. The van der Waals surface area contributed by atoms with E-state index in [4.69, 9.17) is 34.8 Å². The zero-order chi connectivity index (χ0) is 13.3. The van der Waals surface area contributed by atoms with E-state index in [2.05, 4.69) is 0 Å². The highest BCUT2D eigenvalue weighted by atomic mass is 35.5. The first kappa shape index (κ1) is 13.1. The second kappa shape index (κ2) is 5.14. The molecule has 0 N–H and O–H groups in total. The summed E-state index contributed by atoms with van der Waals surface area (Å²) in [7, 11) is 0. The highest BCUT2D eigenvalue weighted by Crippen LogP contribution is 2.36. The predicted molar refractivity (Wildman–Crippen MR) is 73.6 cm³/mol. The van der Waals surface area contributed by atoms with Crippen molar-refractivity contribution in [1.29, 1.82) is 0 Å². The van der Waals surface area contributed by atoms with Crippen LogP contribution in [-0.4, -0.2) is 4.92 Å². The van der Waals surface area contributed by atoms with Crippen LogP contribution < -0.4 is 0 Å². The van der Waals surface area contributed by atoms with E-state index in [1.165, 1.54) is 6.07 Å². The van der Waals surface area contributed by atoms with Crippen LogP contribution in [0.2, 0.25) is 15.1 Å². The first-order valence-corrected chi connectivity index (χ1v) is 6.02. The van der Waals surface area contributed by atoms with Crippen molar-refractivity contribution in [2.45, 2.75) is 0 Å². The minimum Gasteiger partial charge on any atom is -0.258 e. The number of hydrogen-bond acceptors (Lipinski definition) is 2. The van der Waals surface area contributed by atoms with Crippen molar-refractivity contribution >= 4 is 40.5 Å². The summed E-state index contributed by atoms with van der Waals surface area (Å²) in [6.07, 6.45) is 0. The topological polar surface area (TPSA) is 43.1 Å². The normalized spacial score (nSPS) is 10.4. The SMILES string of the molecule is O=[N+]([O-])c1cccc(-c2ccc(Cl)c(Cl)c2)c1Cl. The molecule has 0 unspecified atom stereocenters. The maximum absolute atomic E-state index is 10.8. The number of rotatable bonds is 2. The van der Waals surface area contributed by atoms with Crippen molar-refractivity contribution in [3.63, 3.8) is 0 Å². The van der Waals surface area contributed by atoms with Gasteiger partial charge < -0.3 is 0 Å². The molecule has 2 aromatic carbocycles. The Morgan fingerprint density at radius 2 is 1.72 bits per heavy atom. The molecule has 0 fully saturated rings. The number of nitro groups is 1. The van der Waals surface area contributed by atoms with Crippen molar-refractivity contribution in [3.8, 4) is 11.1 Å². The summed E-state index contributed by atoms with van der Waals surface area (Å²) < 4.78 is 0. The molecule has 2 rings (SSSR count). The first-order valence-electron chi connectivity index (χ1n) is 4.89. The van der Waals surface area contributed by atoms with Gasteiger partial charge in [0.2, 0.25) is 0 Å². The second-order valence-corrected chi connectivity index (χ2v) is 4.72. The molecule has 0 aliphatic heterocycles. The molecule has 0 aliphatic carbocycles. The monoisotopic (exact) mass is 301 g/mol. The Morgan fingerprint density at radius 1 is 1.00 bits per heavy atom. The molecule has 2 aromatic rings. The Bertz CT molecular complexity index is 629. The largest absolute Gasteiger partial charge is 0.288 e. The van der Waals surface area contributed by atoms with E-state index in [-0.39, 0.29) is 10.7 Å². The number of halogens is 3. The molecule has 0 saturated carbocycles. The summed E-state index contributed by atoms with van der Waals surface area (Å²) in [5.74, 6) is 0. The molecular weight excluding hydrogens is 296 g/mol. The van der Waals surface area contributed by atoms with E-state index < -0.39 is 4.92 Å².